The molecule has 0 radical (unpaired) electrons. The van der Waals surface area contributed by atoms with Crippen LogP contribution in [0, 0.1) is 0 Å². The topological polar surface area (TPSA) is 34.1 Å². The molecular weight excluding hydrogens is 163 g/mol. The van der Waals surface area contributed by atoms with Gasteiger partial charge in [-0.1, -0.05) is 30.3 Å². The Labute approximate surface area is 89.4 Å². The van der Waals surface area contributed by atoms with Crippen LogP contribution in [-0.2, 0) is 4.79 Å². The Kier molecular flexibility index (Phi) is 6.96. The minimum Gasteiger partial charge on any atom is -0.298 e. The van der Waals surface area contributed by atoms with Crippen LogP contribution in [0.3, 0.4) is 0 Å². The number of benzene rings is 1. The average Bonchev–Trinajstić information content (AvgIpc) is 2.05. The van der Waals surface area contributed by atoms with Crippen molar-refractivity contribution in [2.45, 2.75) is 6.92 Å². The van der Waals surface area contributed by atoms with Crippen molar-refractivity contribution in [1.82, 2.24) is 0 Å². The molecule has 1 aromatic carbocycles. The van der Waals surface area contributed by atoms with E-state index in [0.717, 1.165) is 11.8 Å². The molecule has 0 aliphatic carbocycles. The third-order valence-corrected chi connectivity index (χ3v) is 0.936. The van der Waals surface area contributed by atoms with Crippen molar-refractivity contribution in [2.75, 3.05) is 0 Å². The second-order valence-corrected chi connectivity index (χ2v) is 3.85. The van der Waals surface area contributed by atoms with E-state index in [1.165, 1.54) is 0 Å². The molecule has 0 heterocycles. The molecule has 0 saturated heterocycles. The van der Waals surface area contributed by atoms with Gasteiger partial charge in [0.1, 0.15) is 6.29 Å². The Morgan fingerprint density at radius 1 is 1.33 bits per heavy atom. The van der Waals surface area contributed by atoms with Crippen LogP contribution in [0.1, 0.15) is 17.3 Å². The smallest absolute Gasteiger partial charge is 0.150 e. The minimum absolute atomic E-state index is 0.306. The maximum absolute atomic E-state index is 10.0. The summed E-state index contributed by atoms with van der Waals surface area (Å²) >= 11 is 0.710. The van der Waals surface area contributed by atoms with Crippen LogP contribution in [0.4, 0.5) is 0 Å². The summed E-state index contributed by atoms with van der Waals surface area (Å²) in [6.45, 7) is 1.59. The molecule has 12 heavy (non-hydrogen) atoms. The number of rotatable bonds is 1. The molecule has 3 heteroatoms. The fraction of sp³-hybridized carbons (Fsp3) is 0.111. The first kappa shape index (κ1) is 11.6. The summed E-state index contributed by atoms with van der Waals surface area (Å²) in [5.41, 5.74) is 0.729. The summed E-state index contributed by atoms with van der Waals surface area (Å²) in [6.07, 6.45) is 0.833. The zero-order chi connectivity index (χ0) is 9.40. The zero-order valence-electron chi connectivity index (χ0n) is 7.28. The van der Waals surface area contributed by atoms with E-state index >= 15 is 0 Å². The molecule has 0 spiro atoms. The third-order valence-electron chi connectivity index (χ3n) is 0.936. The molecule has 0 unspecified atom stereocenters. The van der Waals surface area contributed by atoms with Crippen molar-refractivity contribution in [3.05, 3.63) is 35.9 Å². The van der Waals surface area contributed by atoms with Crippen molar-refractivity contribution in [3.63, 3.8) is 0 Å². The Morgan fingerprint density at radius 2 is 1.75 bits per heavy atom. The van der Waals surface area contributed by atoms with Gasteiger partial charge in [-0.2, -0.15) is 0 Å². The molecule has 0 amide bonds. The molecule has 1 rings (SSSR count). The minimum atomic E-state index is 0.306. The molecule has 0 aliphatic heterocycles. The summed E-state index contributed by atoms with van der Waals surface area (Å²) in [5, 5.41) is 0. The SMILES string of the molecule is C[C](=O)[Na].O=Cc1ccccc1. The van der Waals surface area contributed by atoms with E-state index < -0.39 is 0 Å². The summed E-state index contributed by atoms with van der Waals surface area (Å²) in [6, 6.07) is 9.10. The molecule has 0 N–H and O–H groups in total. The van der Waals surface area contributed by atoms with Crippen LogP contribution in [0.5, 0.6) is 0 Å². The molecule has 0 aliphatic rings. The van der Waals surface area contributed by atoms with Crippen LogP contribution >= 0.6 is 0 Å². The van der Waals surface area contributed by atoms with E-state index in [1.807, 2.05) is 18.2 Å². The van der Waals surface area contributed by atoms with E-state index in [0.29, 0.717) is 31.0 Å². The molecule has 1 aromatic rings. The Balaban J connectivity index is 0.000000261. The maximum atomic E-state index is 10.0. The first-order valence-electron chi connectivity index (χ1n) is 3.64. The number of carbonyl (C=O) groups is 2. The first-order chi connectivity index (χ1) is 5.66. The van der Waals surface area contributed by atoms with Crippen molar-refractivity contribution >= 4 is 37.2 Å². The average molecular weight is 172 g/mol. The van der Waals surface area contributed by atoms with E-state index in [4.69, 9.17) is 0 Å². The van der Waals surface area contributed by atoms with Crippen LogP contribution < -0.4 is 0 Å². The van der Waals surface area contributed by atoms with Gasteiger partial charge in [0.2, 0.25) is 0 Å². The van der Waals surface area contributed by atoms with Gasteiger partial charge in [0, 0.05) is 5.56 Å². The van der Waals surface area contributed by atoms with Crippen LogP contribution in [0.15, 0.2) is 30.3 Å². The van der Waals surface area contributed by atoms with E-state index in [2.05, 4.69) is 0 Å². The van der Waals surface area contributed by atoms with Gasteiger partial charge in [-0.3, -0.25) is 4.79 Å². The largest absolute Gasteiger partial charge is 0.298 e. The molecule has 0 saturated carbocycles. The van der Waals surface area contributed by atoms with Gasteiger partial charge in [-0.05, 0) is 0 Å². The predicted octanol–water partition coefficient (Wildman–Crippen LogP) is 1.20. The summed E-state index contributed by atoms with van der Waals surface area (Å²) in [4.78, 5) is 19.5. The summed E-state index contributed by atoms with van der Waals surface area (Å²) in [5.74, 6) is 0. The van der Waals surface area contributed by atoms with Gasteiger partial charge in [0.15, 0.2) is 0 Å². The Hall–Kier alpha value is -0.440. The molecule has 2 nitrogen and oxygen atoms in total. The summed E-state index contributed by atoms with van der Waals surface area (Å²) in [7, 11) is 0. The van der Waals surface area contributed by atoms with Crippen LogP contribution in [0.25, 0.3) is 0 Å². The molecule has 0 bridgehead atoms. The van der Waals surface area contributed by atoms with Crippen molar-refractivity contribution < 1.29 is 9.59 Å². The summed E-state index contributed by atoms with van der Waals surface area (Å²) < 4.78 is 0.306. The Morgan fingerprint density at radius 3 is 2.00 bits per heavy atom. The quantitative estimate of drug-likeness (QED) is 0.471. The van der Waals surface area contributed by atoms with Gasteiger partial charge in [-0.15, -0.1) is 0 Å². The van der Waals surface area contributed by atoms with E-state index in [-0.39, 0.29) is 0 Å². The van der Waals surface area contributed by atoms with Crippen molar-refractivity contribution in [2.24, 2.45) is 0 Å². The normalized spacial score (nSPS) is 7.92. The van der Waals surface area contributed by atoms with Gasteiger partial charge in [-0.25, -0.2) is 0 Å². The molecule has 0 aromatic heterocycles. The Bertz CT molecular complexity index is 240. The van der Waals surface area contributed by atoms with Gasteiger partial charge >= 0.3 is 42.7 Å². The second kappa shape index (κ2) is 7.22. The number of carbonyl (C=O) groups excluding carboxylic acids is 2. The molecule has 0 fully saturated rings. The van der Waals surface area contributed by atoms with Gasteiger partial charge < -0.3 is 0 Å². The van der Waals surface area contributed by atoms with E-state index in [9.17, 15) is 9.59 Å². The molecule has 58 valence electrons. The monoisotopic (exact) mass is 172 g/mol. The third kappa shape index (κ3) is 7.66. The van der Waals surface area contributed by atoms with Crippen molar-refractivity contribution in [3.8, 4) is 0 Å². The van der Waals surface area contributed by atoms with E-state index in [1.54, 1.807) is 19.1 Å². The second-order valence-electron chi connectivity index (χ2n) is 2.44. The van der Waals surface area contributed by atoms with Crippen LogP contribution in [0.2, 0.25) is 0 Å². The number of hydrogen-bond donors (Lipinski definition) is 0. The standard InChI is InChI=1S/C7H6O.C2H3O.Na/c8-6-7-4-2-1-3-5-7;1-2-3;/h1-6H;1H3;. The zero-order valence-corrected chi connectivity index (χ0v) is 9.28. The predicted molar refractivity (Wildman–Crippen MR) is 48.3 cm³/mol. The number of aldehydes is 1. The maximum Gasteiger partial charge on any atom is 0.150 e. The first-order valence-corrected chi connectivity index (χ1v) is 4.64. The van der Waals surface area contributed by atoms with Gasteiger partial charge in [0.25, 0.3) is 0 Å². The number of hydrogen-bond acceptors (Lipinski definition) is 2. The molecule has 0 atom stereocenters. The fourth-order valence-electron chi connectivity index (χ4n) is 0.532. The molecular formula is C9H9NaO2. The van der Waals surface area contributed by atoms with Crippen molar-refractivity contribution in [1.29, 1.82) is 0 Å². The van der Waals surface area contributed by atoms with Gasteiger partial charge in [0.05, 0.1) is 0 Å². The van der Waals surface area contributed by atoms with Crippen LogP contribution in [-0.4, -0.2) is 37.2 Å². The fourth-order valence-corrected chi connectivity index (χ4v) is 0.532.